The Morgan fingerprint density at radius 1 is 1.15 bits per heavy atom. The number of fused-ring (bicyclic) bond motifs is 3. The van der Waals surface area contributed by atoms with E-state index in [9.17, 15) is 0 Å². The molecule has 3 aliphatic rings. The van der Waals surface area contributed by atoms with Gasteiger partial charge in [0.05, 0.1) is 0 Å². The fraction of sp³-hybridized carbons (Fsp3) is 0.667. The van der Waals surface area contributed by atoms with E-state index in [4.69, 9.17) is 0 Å². The third-order valence-electron chi connectivity index (χ3n) is 4.98. The van der Waals surface area contributed by atoms with E-state index in [2.05, 4.69) is 54.4 Å². The molecule has 3 aliphatic heterocycles. The first-order valence-electron chi connectivity index (χ1n) is 8.25. The molecule has 1 aromatic rings. The molecule has 2 atom stereocenters. The quantitative estimate of drug-likeness (QED) is 0.883. The molecule has 4 rings (SSSR count). The normalized spacial score (nSPS) is 30.6. The Balaban J connectivity index is 1.70. The van der Waals surface area contributed by atoms with E-state index in [1.165, 1.54) is 44.5 Å². The molecule has 20 heavy (non-hydrogen) atoms. The van der Waals surface area contributed by atoms with Crippen molar-refractivity contribution in [1.29, 1.82) is 0 Å². The van der Waals surface area contributed by atoms with Gasteiger partial charge in [-0.05, 0) is 49.8 Å². The average molecular weight is 272 g/mol. The summed E-state index contributed by atoms with van der Waals surface area (Å²) in [4.78, 5) is 2.63. The van der Waals surface area contributed by atoms with Gasteiger partial charge in [-0.1, -0.05) is 44.2 Å². The molecule has 0 amide bonds. The van der Waals surface area contributed by atoms with Gasteiger partial charge >= 0.3 is 0 Å². The molecule has 110 valence electrons. The minimum Gasteiger partial charge on any atom is -0.306 e. The molecular formula is C18H28N2. The van der Waals surface area contributed by atoms with E-state index >= 15 is 0 Å². The number of piperidine rings is 3. The van der Waals surface area contributed by atoms with Crippen LogP contribution in [0.3, 0.4) is 0 Å². The van der Waals surface area contributed by atoms with Crippen molar-refractivity contribution in [2.24, 2.45) is 11.8 Å². The molecule has 1 aromatic carbocycles. The zero-order chi connectivity index (χ0) is 13.9. The number of benzene rings is 1. The predicted octanol–water partition coefficient (Wildman–Crippen LogP) is 3.46. The zero-order valence-corrected chi connectivity index (χ0v) is 12.9. The van der Waals surface area contributed by atoms with Crippen molar-refractivity contribution in [1.82, 2.24) is 10.2 Å². The smallest absolute Gasteiger partial charge is 0.0325 e. The first kappa shape index (κ1) is 14.1. The Bertz CT molecular complexity index is 407. The molecule has 0 aliphatic carbocycles. The molecule has 2 nitrogen and oxygen atoms in total. The number of nitrogens with one attached hydrogen (secondary N) is 1. The molecule has 3 heterocycles. The van der Waals surface area contributed by atoms with Crippen molar-refractivity contribution in [3.05, 3.63) is 35.9 Å². The summed E-state index contributed by atoms with van der Waals surface area (Å²) in [6.45, 7) is 8.56. The van der Waals surface area contributed by atoms with E-state index in [1.54, 1.807) is 0 Å². The van der Waals surface area contributed by atoms with Gasteiger partial charge in [-0.15, -0.1) is 0 Å². The maximum Gasteiger partial charge on any atom is 0.0325 e. The molecule has 2 bridgehead atoms. The van der Waals surface area contributed by atoms with Crippen LogP contribution in [-0.4, -0.2) is 30.6 Å². The van der Waals surface area contributed by atoms with Crippen molar-refractivity contribution in [2.45, 2.75) is 45.2 Å². The molecule has 0 radical (unpaired) electrons. The van der Waals surface area contributed by atoms with Crippen LogP contribution in [0.4, 0.5) is 0 Å². The van der Waals surface area contributed by atoms with Gasteiger partial charge in [0.15, 0.2) is 0 Å². The van der Waals surface area contributed by atoms with E-state index < -0.39 is 0 Å². The third-order valence-corrected chi connectivity index (χ3v) is 4.98. The molecule has 3 saturated heterocycles. The molecule has 0 spiro atoms. The summed E-state index contributed by atoms with van der Waals surface area (Å²) in [5, 5.41) is 3.99. The van der Waals surface area contributed by atoms with Crippen LogP contribution in [0.5, 0.6) is 0 Å². The van der Waals surface area contributed by atoms with Crippen molar-refractivity contribution in [2.75, 3.05) is 19.6 Å². The number of rotatable bonds is 5. The summed E-state index contributed by atoms with van der Waals surface area (Å²) in [5.41, 5.74) is 1.46. The second-order valence-corrected chi connectivity index (χ2v) is 7.00. The lowest BCUT2D eigenvalue weighted by molar-refractivity contribution is 0.0654. The number of nitrogens with zero attached hydrogens (tertiary/aromatic N) is 1. The summed E-state index contributed by atoms with van der Waals surface area (Å²) in [7, 11) is 0. The highest BCUT2D eigenvalue weighted by Gasteiger charge is 2.35. The van der Waals surface area contributed by atoms with E-state index in [0.29, 0.717) is 12.1 Å². The third kappa shape index (κ3) is 3.24. The highest BCUT2D eigenvalue weighted by molar-refractivity contribution is 5.19. The maximum absolute atomic E-state index is 3.99. The monoisotopic (exact) mass is 272 g/mol. The SMILES string of the molecule is CC(C)CC(NC1CN2CCC1CC2)c1ccccc1. The Morgan fingerprint density at radius 3 is 2.40 bits per heavy atom. The molecule has 3 fully saturated rings. The lowest BCUT2D eigenvalue weighted by Gasteiger charge is -2.46. The molecule has 2 unspecified atom stereocenters. The topological polar surface area (TPSA) is 15.3 Å². The molecule has 2 heteroatoms. The van der Waals surface area contributed by atoms with Crippen LogP contribution in [-0.2, 0) is 0 Å². The molecule has 0 aromatic heterocycles. The summed E-state index contributed by atoms with van der Waals surface area (Å²) in [5.74, 6) is 1.63. The summed E-state index contributed by atoms with van der Waals surface area (Å²) in [6, 6.07) is 12.2. The van der Waals surface area contributed by atoms with Gasteiger partial charge in [-0.3, -0.25) is 0 Å². The van der Waals surface area contributed by atoms with Crippen LogP contribution in [0.2, 0.25) is 0 Å². The van der Waals surface area contributed by atoms with E-state index in [-0.39, 0.29) is 0 Å². The zero-order valence-electron chi connectivity index (χ0n) is 12.9. The first-order valence-corrected chi connectivity index (χ1v) is 8.25. The first-order chi connectivity index (χ1) is 9.72. The fourth-order valence-electron chi connectivity index (χ4n) is 3.87. The highest BCUT2D eigenvalue weighted by Crippen LogP contribution is 2.30. The molecular weight excluding hydrogens is 244 g/mol. The van der Waals surface area contributed by atoms with Crippen molar-refractivity contribution in [3.8, 4) is 0 Å². The van der Waals surface area contributed by atoms with Gasteiger partial charge in [0, 0.05) is 18.6 Å². The van der Waals surface area contributed by atoms with E-state index in [0.717, 1.165) is 11.8 Å². The van der Waals surface area contributed by atoms with Gasteiger partial charge in [0.2, 0.25) is 0 Å². The Morgan fingerprint density at radius 2 is 1.85 bits per heavy atom. The van der Waals surface area contributed by atoms with Crippen LogP contribution < -0.4 is 5.32 Å². The maximum atomic E-state index is 3.99. The second kappa shape index (κ2) is 6.28. The second-order valence-electron chi connectivity index (χ2n) is 7.00. The van der Waals surface area contributed by atoms with Gasteiger partial charge in [-0.2, -0.15) is 0 Å². The lowest BCUT2D eigenvalue weighted by atomic mass is 9.83. The minimum absolute atomic E-state index is 0.516. The number of hydrogen-bond donors (Lipinski definition) is 1. The molecule has 1 N–H and O–H groups in total. The standard InChI is InChI=1S/C18H28N2/c1-14(2)12-17(15-6-4-3-5-7-15)19-18-13-20-10-8-16(18)9-11-20/h3-7,14,16-19H,8-13H2,1-2H3. The van der Waals surface area contributed by atoms with E-state index in [1.807, 2.05) is 0 Å². The summed E-state index contributed by atoms with van der Waals surface area (Å²) < 4.78 is 0. The van der Waals surface area contributed by atoms with Crippen LogP contribution in [0.15, 0.2) is 30.3 Å². The molecule has 0 saturated carbocycles. The van der Waals surface area contributed by atoms with Crippen LogP contribution in [0.1, 0.15) is 44.7 Å². The van der Waals surface area contributed by atoms with Crippen LogP contribution in [0, 0.1) is 11.8 Å². The Kier molecular flexibility index (Phi) is 4.42. The van der Waals surface area contributed by atoms with Crippen LogP contribution in [0.25, 0.3) is 0 Å². The van der Waals surface area contributed by atoms with Crippen molar-refractivity contribution < 1.29 is 0 Å². The summed E-state index contributed by atoms with van der Waals surface area (Å²) in [6.07, 6.45) is 4.01. The van der Waals surface area contributed by atoms with Gasteiger partial charge in [0.1, 0.15) is 0 Å². The van der Waals surface area contributed by atoms with Gasteiger partial charge < -0.3 is 10.2 Å². The average Bonchev–Trinajstić information content (AvgIpc) is 2.48. The Hall–Kier alpha value is -0.860. The van der Waals surface area contributed by atoms with Crippen LogP contribution >= 0.6 is 0 Å². The van der Waals surface area contributed by atoms with Crippen molar-refractivity contribution in [3.63, 3.8) is 0 Å². The fourth-order valence-corrected chi connectivity index (χ4v) is 3.87. The Labute approximate surface area is 123 Å². The predicted molar refractivity (Wildman–Crippen MR) is 84.7 cm³/mol. The minimum atomic E-state index is 0.516. The van der Waals surface area contributed by atoms with Crippen molar-refractivity contribution >= 4 is 0 Å². The summed E-state index contributed by atoms with van der Waals surface area (Å²) >= 11 is 0. The van der Waals surface area contributed by atoms with Gasteiger partial charge in [-0.25, -0.2) is 0 Å². The highest BCUT2D eigenvalue weighted by atomic mass is 15.2. The van der Waals surface area contributed by atoms with Gasteiger partial charge in [0.25, 0.3) is 0 Å². The lowest BCUT2D eigenvalue weighted by Crippen LogP contribution is -2.56. The largest absolute Gasteiger partial charge is 0.306 e. The number of hydrogen-bond acceptors (Lipinski definition) is 2.